The Labute approximate surface area is 122 Å². The topological polar surface area (TPSA) is 75.4 Å². The Kier molecular flexibility index (Phi) is 6.45. The van der Waals surface area contributed by atoms with Crippen molar-refractivity contribution >= 4 is 15.7 Å². The van der Waals surface area contributed by atoms with Crippen LogP contribution in [0, 0.1) is 5.92 Å². The SMILES string of the molecule is CCC(CCN)CNc1ccccc1S(=O)(=O)N(C)C. The van der Waals surface area contributed by atoms with Crippen LogP contribution in [0.4, 0.5) is 5.69 Å². The van der Waals surface area contributed by atoms with Crippen LogP contribution < -0.4 is 11.1 Å². The van der Waals surface area contributed by atoms with Gasteiger partial charge in [-0.15, -0.1) is 0 Å². The summed E-state index contributed by atoms with van der Waals surface area (Å²) < 4.78 is 25.7. The number of rotatable bonds is 8. The third kappa shape index (κ3) is 4.19. The van der Waals surface area contributed by atoms with Crippen molar-refractivity contribution < 1.29 is 8.42 Å². The van der Waals surface area contributed by atoms with E-state index in [1.165, 1.54) is 18.4 Å². The van der Waals surface area contributed by atoms with Gasteiger partial charge in [-0.3, -0.25) is 0 Å². The Balaban J connectivity index is 2.92. The highest BCUT2D eigenvalue weighted by molar-refractivity contribution is 7.89. The molecule has 1 rings (SSSR count). The number of nitrogens with two attached hydrogens (primary N) is 1. The maximum atomic E-state index is 12.3. The summed E-state index contributed by atoms with van der Waals surface area (Å²) in [4.78, 5) is 0.313. The smallest absolute Gasteiger partial charge is 0.244 e. The monoisotopic (exact) mass is 299 g/mol. The molecule has 0 fully saturated rings. The molecule has 0 saturated carbocycles. The lowest BCUT2D eigenvalue weighted by Crippen LogP contribution is -2.24. The minimum Gasteiger partial charge on any atom is -0.384 e. The zero-order chi connectivity index (χ0) is 15.2. The van der Waals surface area contributed by atoms with Gasteiger partial charge in [-0.2, -0.15) is 0 Å². The van der Waals surface area contributed by atoms with E-state index in [4.69, 9.17) is 5.73 Å². The second-order valence-corrected chi connectivity index (χ2v) is 7.14. The Morgan fingerprint density at radius 1 is 1.30 bits per heavy atom. The molecular formula is C14H25N3O2S. The number of hydrogen-bond acceptors (Lipinski definition) is 4. The molecule has 0 aliphatic rings. The Morgan fingerprint density at radius 3 is 2.50 bits per heavy atom. The zero-order valence-corrected chi connectivity index (χ0v) is 13.3. The molecule has 0 aliphatic carbocycles. The second-order valence-electron chi connectivity index (χ2n) is 5.02. The first-order valence-corrected chi connectivity index (χ1v) is 8.33. The fourth-order valence-corrected chi connectivity index (χ4v) is 3.04. The lowest BCUT2D eigenvalue weighted by atomic mass is 10.0. The fraction of sp³-hybridized carbons (Fsp3) is 0.571. The number of nitrogens with one attached hydrogen (secondary N) is 1. The van der Waals surface area contributed by atoms with Crippen LogP contribution in [0.5, 0.6) is 0 Å². The molecule has 20 heavy (non-hydrogen) atoms. The van der Waals surface area contributed by atoms with Gasteiger partial charge in [0, 0.05) is 20.6 Å². The van der Waals surface area contributed by atoms with Gasteiger partial charge >= 0.3 is 0 Å². The quantitative estimate of drug-likeness (QED) is 0.766. The van der Waals surface area contributed by atoms with E-state index in [1.807, 2.05) is 6.07 Å². The normalized spacial score (nSPS) is 13.4. The average Bonchev–Trinajstić information content (AvgIpc) is 2.43. The first-order chi connectivity index (χ1) is 9.43. The van der Waals surface area contributed by atoms with Crippen molar-refractivity contribution in [3.63, 3.8) is 0 Å². The lowest BCUT2D eigenvalue weighted by Gasteiger charge is -2.19. The van der Waals surface area contributed by atoms with Crippen LogP contribution >= 0.6 is 0 Å². The molecule has 0 bridgehead atoms. The van der Waals surface area contributed by atoms with Gasteiger partial charge in [0.1, 0.15) is 4.90 Å². The number of anilines is 1. The van der Waals surface area contributed by atoms with Crippen LogP contribution in [0.15, 0.2) is 29.2 Å². The average molecular weight is 299 g/mol. The van der Waals surface area contributed by atoms with E-state index in [0.717, 1.165) is 19.4 Å². The van der Waals surface area contributed by atoms with Crippen LogP contribution in [0.3, 0.4) is 0 Å². The van der Waals surface area contributed by atoms with E-state index in [1.54, 1.807) is 18.2 Å². The van der Waals surface area contributed by atoms with Gasteiger partial charge in [0.15, 0.2) is 0 Å². The summed E-state index contributed by atoms with van der Waals surface area (Å²) in [6.45, 7) is 3.50. The van der Waals surface area contributed by atoms with Gasteiger partial charge < -0.3 is 11.1 Å². The molecule has 0 aliphatic heterocycles. The van der Waals surface area contributed by atoms with Crippen LogP contribution in [-0.4, -0.2) is 39.9 Å². The molecule has 5 nitrogen and oxygen atoms in total. The maximum Gasteiger partial charge on any atom is 0.244 e. The summed E-state index contributed by atoms with van der Waals surface area (Å²) in [6.07, 6.45) is 1.96. The second kappa shape index (κ2) is 7.61. The highest BCUT2D eigenvalue weighted by atomic mass is 32.2. The summed E-state index contributed by atoms with van der Waals surface area (Å²) in [7, 11) is -0.354. The third-order valence-electron chi connectivity index (χ3n) is 3.38. The Bertz CT molecular complexity index is 515. The van der Waals surface area contributed by atoms with Crippen molar-refractivity contribution in [1.29, 1.82) is 0 Å². The van der Waals surface area contributed by atoms with Gasteiger partial charge in [0.2, 0.25) is 10.0 Å². The van der Waals surface area contributed by atoms with Gasteiger partial charge in [-0.25, -0.2) is 12.7 Å². The molecule has 0 heterocycles. The molecule has 0 spiro atoms. The lowest BCUT2D eigenvalue weighted by molar-refractivity contribution is 0.500. The van der Waals surface area contributed by atoms with Gasteiger partial charge in [0.05, 0.1) is 5.69 Å². The molecule has 0 amide bonds. The van der Waals surface area contributed by atoms with Crippen molar-refractivity contribution in [2.45, 2.75) is 24.7 Å². The number of hydrogen-bond donors (Lipinski definition) is 2. The largest absolute Gasteiger partial charge is 0.384 e. The number of benzene rings is 1. The van der Waals surface area contributed by atoms with Crippen LogP contribution in [-0.2, 0) is 10.0 Å². The highest BCUT2D eigenvalue weighted by Crippen LogP contribution is 2.23. The molecule has 1 aromatic rings. The summed E-state index contributed by atoms with van der Waals surface area (Å²) in [5, 5.41) is 3.25. The highest BCUT2D eigenvalue weighted by Gasteiger charge is 2.20. The molecule has 6 heteroatoms. The molecule has 3 N–H and O–H groups in total. The Hall–Kier alpha value is -1.11. The molecule has 114 valence electrons. The summed E-state index contributed by atoms with van der Waals surface area (Å²) in [5.41, 5.74) is 6.23. The number of nitrogens with zero attached hydrogens (tertiary/aromatic N) is 1. The van der Waals surface area contributed by atoms with Crippen molar-refractivity contribution in [3.8, 4) is 0 Å². The fourth-order valence-electron chi connectivity index (χ4n) is 1.97. The predicted octanol–water partition coefficient (Wildman–Crippen LogP) is 1.72. The van der Waals surface area contributed by atoms with Crippen LogP contribution in [0.25, 0.3) is 0 Å². The van der Waals surface area contributed by atoms with Gasteiger partial charge in [0.25, 0.3) is 0 Å². The van der Waals surface area contributed by atoms with Gasteiger partial charge in [-0.05, 0) is 31.0 Å². The first-order valence-electron chi connectivity index (χ1n) is 6.89. The molecule has 1 unspecified atom stereocenters. The van der Waals surface area contributed by atoms with Crippen molar-refractivity contribution in [1.82, 2.24) is 4.31 Å². The van der Waals surface area contributed by atoms with E-state index in [2.05, 4.69) is 12.2 Å². The summed E-state index contributed by atoms with van der Waals surface area (Å²) in [6, 6.07) is 6.99. The third-order valence-corrected chi connectivity index (χ3v) is 5.25. The van der Waals surface area contributed by atoms with Gasteiger partial charge in [-0.1, -0.05) is 25.5 Å². The molecule has 0 saturated heterocycles. The molecule has 0 aromatic heterocycles. The first kappa shape index (κ1) is 16.9. The summed E-state index contributed by atoms with van der Waals surface area (Å²) in [5.74, 6) is 0.454. The number of para-hydroxylation sites is 1. The van der Waals surface area contributed by atoms with E-state index in [-0.39, 0.29) is 0 Å². The van der Waals surface area contributed by atoms with Crippen molar-refractivity contribution in [3.05, 3.63) is 24.3 Å². The van der Waals surface area contributed by atoms with E-state index >= 15 is 0 Å². The van der Waals surface area contributed by atoms with Crippen LogP contribution in [0.1, 0.15) is 19.8 Å². The van der Waals surface area contributed by atoms with Crippen LogP contribution in [0.2, 0.25) is 0 Å². The Morgan fingerprint density at radius 2 is 1.95 bits per heavy atom. The summed E-state index contributed by atoms with van der Waals surface area (Å²) >= 11 is 0. The van der Waals surface area contributed by atoms with E-state index < -0.39 is 10.0 Å². The molecule has 0 radical (unpaired) electrons. The zero-order valence-electron chi connectivity index (χ0n) is 12.5. The minimum atomic E-state index is -3.43. The molecular weight excluding hydrogens is 274 g/mol. The molecule has 1 atom stereocenters. The van der Waals surface area contributed by atoms with E-state index in [9.17, 15) is 8.42 Å². The predicted molar refractivity (Wildman–Crippen MR) is 83.3 cm³/mol. The van der Waals surface area contributed by atoms with Crippen molar-refractivity contribution in [2.75, 3.05) is 32.5 Å². The number of sulfonamides is 1. The standard InChI is InChI=1S/C14H25N3O2S/c1-4-12(9-10-15)11-16-13-7-5-6-8-14(13)20(18,19)17(2)3/h5-8,12,16H,4,9-11,15H2,1-3H3. The van der Waals surface area contributed by atoms with Crippen molar-refractivity contribution in [2.24, 2.45) is 11.7 Å². The molecule has 1 aromatic carbocycles. The van der Waals surface area contributed by atoms with E-state index in [0.29, 0.717) is 23.0 Å². The maximum absolute atomic E-state index is 12.3. The minimum absolute atomic E-state index is 0.313.